The van der Waals surface area contributed by atoms with Crippen molar-refractivity contribution < 1.29 is 0 Å². The third-order valence-corrected chi connectivity index (χ3v) is 4.42. The summed E-state index contributed by atoms with van der Waals surface area (Å²) in [5, 5.41) is 6.79. The zero-order valence-corrected chi connectivity index (χ0v) is 18.4. The van der Waals surface area contributed by atoms with Gasteiger partial charge in [0.05, 0.1) is 12.9 Å². The predicted octanol–water partition coefficient (Wildman–Crippen LogP) is 4.04. The van der Waals surface area contributed by atoms with Crippen LogP contribution in [-0.4, -0.2) is 28.6 Å². The first-order valence-electron chi connectivity index (χ1n) is 9.30. The maximum absolute atomic E-state index is 4.71. The normalized spacial score (nSPS) is 11.3. The molecule has 0 bridgehead atoms. The van der Waals surface area contributed by atoms with Crippen molar-refractivity contribution in [3.05, 3.63) is 54.1 Å². The first kappa shape index (κ1) is 22.5. The van der Waals surface area contributed by atoms with Crippen LogP contribution in [-0.2, 0) is 13.1 Å². The van der Waals surface area contributed by atoms with Crippen LogP contribution < -0.4 is 10.6 Å². The smallest absolute Gasteiger partial charge is 0.191 e. The van der Waals surface area contributed by atoms with Crippen LogP contribution in [0, 0.1) is 5.92 Å². The van der Waals surface area contributed by atoms with Crippen molar-refractivity contribution in [2.75, 3.05) is 13.1 Å². The zero-order chi connectivity index (χ0) is 17.9. The fourth-order valence-electron chi connectivity index (χ4n) is 2.67. The molecule has 0 unspecified atom stereocenters. The van der Waals surface area contributed by atoms with Crippen LogP contribution in [0.25, 0.3) is 0 Å². The van der Waals surface area contributed by atoms with E-state index in [-0.39, 0.29) is 24.0 Å². The van der Waals surface area contributed by atoms with Gasteiger partial charge in [0.1, 0.15) is 0 Å². The van der Waals surface area contributed by atoms with Gasteiger partial charge in [-0.3, -0.25) is 0 Å². The molecule has 0 aliphatic heterocycles. The molecule has 0 radical (unpaired) electrons. The van der Waals surface area contributed by atoms with Crippen molar-refractivity contribution in [3.63, 3.8) is 0 Å². The molecule has 1 heterocycles. The molecule has 0 atom stereocenters. The highest BCUT2D eigenvalue weighted by molar-refractivity contribution is 14.0. The van der Waals surface area contributed by atoms with Crippen LogP contribution in [0.1, 0.15) is 44.7 Å². The highest BCUT2D eigenvalue weighted by Crippen LogP contribution is 2.08. The topological polar surface area (TPSA) is 54.2 Å². The lowest BCUT2D eigenvalue weighted by Crippen LogP contribution is -2.39. The number of halogens is 1. The Bertz CT molecular complexity index is 618. The molecule has 0 aliphatic rings. The van der Waals surface area contributed by atoms with E-state index in [4.69, 9.17) is 4.99 Å². The van der Waals surface area contributed by atoms with Gasteiger partial charge < -0.3 is 15.2 Å². The molecule has 2 aromatic rings. The second-order valence-electron chi connectivity index (χ2n) is 6.31. The number of imidazole rings is 1. The minimum absolute atomic E-state index is 0. The number of nitrogens with zero attached hydrogens (tertiary/aromatic N) is 3. The Kier molecular flexibility index (Phi) is 11.0. The Hall–Kier alpha value is -1.57. The van der Waals surface area contributed by atoms with Crippen molar-refractivity contribution >= 4 is 29.9 Å². The first-order chi connectivity index (χ1) is 12.2. The zero-order valence-electron chi connectivity index (χ0n) is 16.1. The van der Waals surface area contributed by atoms with E-state index in [1.54, 1.807) is 6.20 Å². The summed E-state index contributed by atoms with van der Waals surface area (Å²) in [4.78, 5) is 8.78. The number of nitrogens with one attached hydrogen (secondary N) is 2. The molecular weight excluding hydrogens is 437 g/mol. The summed E-state index contributed by atoms with van der Waals surface area (Å²) in [6.45, 7) is 9.96. The lowest BCUT2D eigenvalue weighted by Gasteiger charge is -2.16. The minimum atomic E-state index is 0. The molecule has 5 nitrogen and oxygen atoms in total. The lowest BCUT2D eigenvalue weighted by molar-refractivity contribution is 0.481. The summed E-state index contributed by atoms with van der Waals surface area (Å²) in [5.41, 5.74) is 2.48. The Labute approximate surface area is 174 Å². The number of guanidine groups is 1. The van der Waals surface area contributed by atoms with Gasteiger partial charge in [0.25, 0.3) is 0 Å². The van der Waals surface area contributed by atoms with E-state index in [0.29, 0.717) is 12.5 Å². The molecule has 144 valence electrons. The summed E-state index contributed by atoms with van der Waals surface area (Å²) in [5.74, 6) is 1.60. The molecule has 26 heavy (non-hydrogen) atoms. The second kappa shape index (κ2) is 12.7. The standard InChI is InChI=1S/C20H31N5.HI/c1-4-17(5-2)13-23-20(22-6-3)24-14-18-7-9-19(10-8-18)15-25-12-11-21-16-25;/h7-12,16-17H,4-6,13-15H2,1-3H3,(H2,22,23,24);1H. The lowest BCUT2D eigenvalue weighted by atomic mass is 10.0. The summed E-state index contributed by atoms with van der Waals surface area (Å²) in [7, 11) is 0. The minimum Gasteiger partial charge on any atom is -0.357 e. The highest BCUT2D eigenvalue weighted by atomic mass is 127. The largest absolute Gasteiger partial charge is 0.357 e. The van der Waals surface area contributed by atoms with Crippen LogP contribution in [0.5, 0.6) is 0 Å². The summed E-state index contributed by atoms with van der Waals surface area (Å²) in [6.07, 6.45) is 8.02. The Morgan fingerprint density at radius 1 is 1.08 bits per heavy atom. The molecule has 1 aromatic heterocycles. The van der Waals surface area contributed by atoms with Gasteiger partial charge >= 0.3 is 0 Å². The average molecular weight is 469 g/mol. The third kappa shape index (κ3) is 7.76. The van der Waals surface area contributed by atoms with Crippen LogP contribution in [0.2, 0.25) is 0 Å². The first-order valence-corrected chi connectivity index (χ1v) is 9.30. The van der Waals surface area contributed by atoms with Crippen molar-refractivity contribution in [2.45, 2.75) is 46.7 Å². The van der Waals surface area contributed by atoms with Crippen LogP contribution in [0.15, 0.2) is 48.0 Å². The van der Waals surface area contributed by atoms with E-state index in [1.807, 2.05) is 12.5 Å². The van der Waals surface area contributed by atoms with E-state index >= 15 is 0 Å². The number of aromatic nitrogens is 2. The van der Waals surface area contributed by atoms with E-state index in [2.05, 4.69) is 65.2 Å². The second-order valence-corrected chi connectivity index (χ2v) is 6.31. The van der Waals surface area contributed by atoms with Crippen LogP contribution >= 0.6 is 24.0 Å². The maximum Gasteiger partial charge on any atom is 0.191 e. The number of benzene rings is 1. The van der Waals surface area contributed by atoms with Crippen molar-refractivity contribution in [2.24, 2.45) is 10.9 Å². The third-order valence-electron chi connectivity index (χ3n) is 4.42. The van der Waals surface area contributed by atoms with Crippen molar-refractivity contribution in [3.8, 4) is 0 Å². The van der Waals surface area contributed by atoms with Gasteiger partial charge in [-0.05, 0) is 24.0 Å². The highest BCUT2D eigenvalue weighted by Gasteiger charge is 2.05. The van der Waals surface area contributed by atoms with Gasteiger partial charge in [-0.2, -0.15) is 0 Å². The number of hydrogen-bond acceptors (Lipinski definition) is 2. The van der Waals surface area contributed by atoms with E-state index < -0.39 is 0 Å². The molecular formula is C20H32IN5. The van der Waals surface area contributed by atoms with Crippen molar-refractivity contribution in [1.82, 2.24) is 20.2 Å². The van der Waals surface area contributed by atoms with Gasteiger partial charge in [0.2, 0.25) is 0 Å². The summed E-state index contributed by atoms with van der Waals surface area (Å²) >= 11 is 0. The van der Waals surface area contributed by atoms with E-state index in [0.717, 1.165) is 25.6 Å². The SMILES string of the molecule is CCNC(=NCc1ccc(Cn2ccnc2)cc1)NCC(CC)CC.I. The van der Waals surface area contributed by atoms with Crippen LogP contribution in [0.4, 0.5) is 0 Å². The average Bonchev–Trinajstić information content (AvgIpc) is 3.14. The molecule has 0 saturated carbocycles. The van der Waals surface area contributed by atoms with Gasteiger partial charge in [0, 0.05) is 32.0 Å². The monoisotopic (exact) mass is 469 g/mol. The quantitative estimate of drug-likeness (QED) is 0.331. The number of rotatable bonds is 9. The molecule has 2 N–H and O–H groups in total. The predicted molar refractivity (Wildman–Crippen MR) is 120 cm³/mol. The fourth-order valence-corrected chi connectivity index (χ4v) is 2.67. The van der Waals surface area contributed by atoms with Gasteiger partial charge in [-0.15, -0.1) is 24.0 Å². The Morgan fingerprint density at radius 3 is 2.35 bits per heavy atom. The van der Waals surface area contributed by atoms with Crippen LogP contribution in [0.3, 0.4) is 0 Å². The maximum atomic E-state index is 4.71. The molecule has 1 aromatic carbocycles. The molecule has 0 fully saturated rings. The van der Waals surface area contributed by atoms with E-state index in [1.165, 1.54) is 24.0 Å². The van der Waals surface area contributed by atoms with E-state index in [9.17, 15) is 0 Å². The molecule has 2 rings (SSSR count). The molecule has 6 heteroatoms. The fraction of sp³-hybridized carbons (Fsp3) is 0.500. The number of aliphatic imine (C=N–C) groups is 1. The summed E-state index contributed by atoms with van der Waals surface area (Å²) < 4.78 is 2.07. The molecule has 0 amide bonds. The van der Waals surface area contributed by atoms with Gasteiger partial charge in [-0.25, -0.2) is 9.98 Å². The van der Waals surface area contributed by atoms with Gasteiger partial charge in [-0.1, -0.05) is 51.0 Å². The molecule has 0 saturated heterocycles. The Balaban J connectivity index is 0.00000338. The summed E-state index contributed by atoms with van der Waals surface area (Å²) in [6, 6.07) is 8.63. The van der Waals surface area contributed by atoms with Crippen molar-refractivity contribution in [1.29, 1.82) is 0 Å². The number of hydrogen-bond donors (Lipinski definition) is 2. The molecule has 0 spiro atoms. The molecule has 0 aliphatic carbocycles. The van der Waals surface area contributed by atoms with Gasteiger partial charge in [0.15, 0.2) is 5.96 Å². The Morgan fingerprint density at radius 2 is 1.77 bits per heavy atom.